The number of rotatable bonds is 3. The summed E-state index contributed by atoms with van der Waals surface area (Å²) in [4.78, 5) is 0.851. The Labute approximate surface area is 93.0 Å². The number of hydrogen-bond acceptors (Lipinski definition) is 1. The summed E-state index contributed by atoms with van der Waals surface area (Å²) in [5.41, 5.74) is 0. The summed E-state index contributed by atoms with van der Waals surface area (Å²) in [5.74, 6) is 0.0694. The van der Waals surface area contributed by atoms with Crippen LogP contribution in [-0.4, -0.2) is 11.9 Å². The van der Waals surface area contributed by atoms with E-state index in [9.17, 15) is 13.2 Å². The van der Waals surface area contributed by atoms with Gasteiger partial charge in [0, 0.05) is 15.1 Å². The lowest BCUT2D eigenvalue weighted by molar-refractivity contribution is -0.129. The van der Waals surface area contributed by atoms with Gasteiger partial charge in [-0.1, -0.05) is 22.0 Å². The Balaban J connectivity index is 2.39. The van der Waals surface area contributed by atoms with Gasteiger partial charge >= 0.3 is 6.18 Å². The van der Waals surface area contributed by atoms with Crippen LogP contribution < -0.4 is 0 Å². The lowest BCUT2D eigenvalue weighted by Gasteiger charge is -2.05. The molecule has 0 fully saturated rings. The average Bonchev–Trinajstić information content (AvgIpc) is 2.01. The Bertz CT molecular complexity index is 298. The predicted octanol–water partition coefficient (Wildman–Crippen LogP) is 4.49. The Kier molecular flexibility index (Phi) is 4.31. The first-order chi connectivity index (χ1) is 6.47. The molecule has 1 rings (SSSR count). The van der Waals surface area contributed by atoms with Crippen LogP contribution in [0.5, 0.6) is 0 Å². The van der Waals surface area contributed by atoms with Gasteiger partial charge in [-0.2, -0.15) is 13.2 Å². The normalized spacial score (nSPS) is 11.7. The third kappa shape index (κ3) is 4.91. The van der Waals surface area contributed by atoms with Crippen molar-refractivity contribution in [2.75, 3.05) is 5.75 Å². The molecule has 14 heavy (non-hydrogen) atoms. The highest BCUT2D eigenvalue weighted by Crippen LogP contribution is 2.27. The van der Waals surface area contributed by atoms with Crippen LogP contribution in [0.2, 0.25) is 0 Å². The second-order valence-electron chi connectivity index (χ2n) is 2.67. The van der Waals surface area contributed by atoms with Crippen LogP contribution >= 0.6 is 27.7 Å². The number of halogens is 4. The number of alkyl halides is 3. The molecule has 0 aliphatic carbocycles. The molecule has 0 aliphatic heterocycles. The molecule has 0 atom stereocenters. The lowest BCUT2D eigenvalue weighted by atomic mass is 10.4. The SMILES string of the molecule is FC(F)(F)CCSc1cccc(Br)c1. The predicted molar refractivity (Wildman–Crippen MR) is 55.5 cm³/mol. The van der Waals surface area contributed by atoms with Crippen molar-refractivity contribution in [1.29, 1.82) is 0 Å². The molecule has 1 aromatic rings. The van der Waals surface area contributed by atoms with Crippen molar-refractivity contribution < 1.29 is 13.2 Å². The van der Waals surface area contributed by atoms with Crippen LogP contribution in [-0.2, 0) is 0 Å². The molecule has 0 N–H and O–H groups in total. The maximum atomic E-state index is 11.8. The van der Waals surface area contributed by atoms with Crippen LogP contribution in [0.15, 0.2) is 33.6 Å². The summed E-state index contributed by atoms with van der Waals surface area (Å²) in [5, 5.41) is 0. The topological polar surface area (TPSA) is 0 Å². The molecule has 1 aromatic carbocycles. The van der Waals surface area contributed by atoms with E-state index in [1.165, 1.54) is 11.8 Å². The van der Waals surface area contributed by atoms with Gasteiger partial charge in [0.2, 0.25) is 0 Å². The van der Waals surface area contributed by atoms with E-state index in [1.54, 1.807) is 18.2 Å². The fourth-order valence-electron chi connectivity index (χ4n) is 0.841. The molecule has 0 aliphatic rings. The van der Waals surface area contributed by atoms with Gasteiger partial charge in [0.15, 0.2) is 0 Å². The summed E-state index contributed by atoms with van der Waals surface area (Å²) in [6, 6.07) is 7.25. The largest absolute Gasteiger partial charge is 0.389 e. The van der Waals surface area contributed by atoms with Crippen molar-refractivity contribution >= 4 is 27.7 Å². The molecule has 0 heterocycles. The van der Waals surface area contributed by atoms with Crippen molar-refractivity contribution in [3.63, 3.8) is 0 Å². The molecular formula is C9H8BrF3S. The van der Waals surface area contributed by atoms with E-state index in [0.717, 1.165) is 9.37 Å². The minimum atomic E-state index is -4.06. The summed E-state index contributed by atoms with van der Waals surface area (Å²) in [7, 11) is 0. The van der Waals surface area contributed by atoms with Crippen molar-refractivity contribution in [1.82, 2.24) is 0 Å². The van der Waals surface area contributed by atoms with Gasteiger partial charge in [0.1, 0.15) is 0 Å². The molecule has 0 saturated heterocycles. The standard InChI is InChI=1S/C9H8BrF3S/c10-7-2-1-3-8(6-7)14-5-4-9(11,12)13/h1-3,6H,4-5H2. The Hall–Kier alpha value is -0.160. The fraction of sp³-hybridized carbons (Fsp3) is 0.333. The summed E-state index contributed by atoms with van der Waals surface area (Å²) < 4.78 is 36.3. The third-order valence-corrected chi connectivity index (χ3v) is 2.94. The van der Waals surface area contributed by atoms with Gasteiger partial charge in [-0.15, -0.1) is 11.8 Å². The van der Waals surface area contributed by atoms with Crippen LogP contribution in [0, 0.1) is 0 Å². The molecule has 0 aromatic heterocycles. The van der Waals surface area contributed by atoms with Gasteiger partial charge in [-0.25, -0.2) is 0 Å². The average molecular weight is 285 g/mol. The zero-order valence-corrected chi connectivity index (χ0v) is 9.55. The quantitative estimate of drug-likeness (QED) is 0.737. The minimum absolute atomic E-state index is 0.0694. The maximum Gasteiger partial charge on any atom is 0.389 e. The molecule has 78 valence electrons. The van der Waals surface area contributed by atoms with Crippen molar-refractivity contribution in [2.45, 2.75) is 17.5 Å². The van der Waals surface area contributed by atoms with Gasteiger partial charge in [-0.05, 0) is 18.2 Å². The van der Waals surface area contributed by atoms with Crippen molar-refractivity contribution in [3.8, 4) is 0 Å². The molecule has 0 saturated carbocycles. The molecule has 0 spiro atoms. The molecule has 0 radical (unpaired) electrons. The van der Waals surface area contributed by atoms with Crippen LogP contribution in [0.4, 0.5) is 13.2 Å². The van der Waals surface area contributed by atoms with E-state index in [4.69, 9.17) is 0 Å². The highest BCUT2D eigenvalue weighted by atomic mass is 79.9. The number of thioether (sulfide) groups is 1. The van der Waals surface area contributed by atoms with Crippen LogP contribution in [0.3, 0.4) is 0 Å². The van der Waals surface area contributed by atoms with E-state index in [2.05, 4.69) is 15.9 Å². The van der Waals surface area contributed by atoms with Gasteiger partial charge in [-0.3, -0.25) is 0 Å². The Morgan fingerprint density at radius 2 is 2.00 bits per heavy atom. The van der Waals surface area contributed by atoms with E-state index in [1.807, 2.05) is 6.07 Å². The Morgan fingerprint density at radius 1 is 1.29 bits per heavy atom. The molecular weight excluding hydrogens is 277 g/mol. The zero-order chi connectivity index (χ0) is 10.6. The maximum absolute atomic E-state index is 11.8. The number of benzene rings is 1. The summed E-state index contributed by atoms with van der Waals surface area (Å²) in [6.45, 7) is 0. The lowest BCUT2D eigenvalue weighted by Crippen LogP contribution is -2.07. The van der Waals surface area contributed by atoms with Crippen molar-refractivity contribution in [3.05, 3.63) is 28.7 Å². The first-order valence-electron chi connectivity index (χ1n) is 3.92. The zero-order valence-electron chi connectivity index (χ0n) is 7.14. The number of hydrogen-bond donors (Lipinski definition) is 0. The smallest absolute Gasteiger partial charge is 0.171 e. The van der Waals surface area contributed by atoms with Crippen LogP contribution in [0.25, 0.3) is 0 Å². The van der Waals surface area contributed by atoms with Gasteiger partial charge < -0.3 is 0 Å². The minimum Gasteiger partial charge on any atom is -0.171 e. The van der Waals surface area contributed by atoms with Gasteiger partial charge in [0.25, 0.3) is 0 Å². The van der Waals surface area contributed by atoms with Crippen LogP contribution in [0.1, 0.15) is 6.42 Å². The van der Waals surface area contributed by atoms with Crippen molar-refractivity contribution in [2.24, 2.45) is 0 Å². The second-order valence-corrected chi connectivity index (χ2v) is 4.76. The van der Waals surface area contributed by atoms with E-state index in [-0.39, 0.29) is 5.75 Å². The molecule has 0 amide bonds. The summed E-state index contributed by atoms with van der Waals surface area (Å²) >= 11 is 4.47. The highest BCUT2D eigenvalue weighted by Gasteiger charge is 2.26. The van der Waals surface area contributed by atoms with E-state index >= 15 is 0 Å². The molecule has 0 bridgehead atoms. The van der Waals surface area contributed by atoms with Gasteiger partial charge in [0.05, 0.1) is 6.42 Å². The molecule has 0 nitrogen and oxygen atoms in total. The van der Waals surface area contributed by atoms with E-state index < -0.39 is 12.6 Å². The summed E-state index contributed by atoms with van der Waals surface area (Å²) in [6.07, 6.45) is -4.80. The second kappa shape index (κ2) is 5.07. The Morgan fingerprint density at radius 3 is 2.57 bits per heavy atom. The monoisotopic (exact) mass is 284 g/mol. The highest BCUT2D eigenvalue weighted by molar-refractivity contribution is 9.10. The van der Waals surface area contributed by atoms with E-state index in [0.29, 0.717) is 0 Å². The molecule has 0 unspecified atom stereocenters. The first-order valence-corrected chi connectivity index (χ1v) is 5.70. The third-order valence-electron chi connectivity index (χ3n) is 1.45. The molecule has 5 heteroatoms. The first kappa shape index (κ1) is 11.9. The fourth-order valence-corrected chi connectivity index (χ4v) is 2.35.